The molecule has 0 radical (unpaired) electrons. The Kier molecular flexibility index (Phi) is 2.72. The molecule has 0 aromatic heterocycles. The molecule has 0 N–H and O–H groups in total. The molecule has 0 fully saturated rings. The Labute approximate surface area is 126 Å². The molecule has 1 amide bonds. The first-order valence-corrected chi connectivity index (χ1v) is 6.88. The van der Waals surface area contributed by atoms with Gasteiger partial charge in [0.15, 0.2) is 5.82 Å². The highest BCUT2D eigenvalue weighted by atomic mass is 19.1. The largest absolute Gasteiger partial charge is 0.497 e. The second kappa shape index (κ2) is 4.62. The van der Waals surface area contributed by atoms with Gasteiger partial charge >= 0.3 is 0 Å². The van der Waals surface area contributed by atoms with Gasteiger partial charge in [-0.05, 0) is 12.1 Å². The maximum atomic E-state index is 14.2. The fourth-order valence-corrected chi connectivity index (χ4v) is 2.84. The number of benzene rings is 1. The average Bonchev–Trinajstić information content (AvgIpc) is 3.11. The molecule has 110 valence electrons. The standard InChI is InChI=1S/C16H12FN3O2/c1-22-9-5-6-10(11(17)7-9)15-16(21)20-13-4-2-3-12(13)18-8-14(20)19-15/h2,4-8,13H,3H2,1H3. The van der Waals surface area contributed by atoms with Crippen molar-refractivity contribution in [2.45, 2.75) is 12.5 Å². The zero-order valence-corrected chi connectivity index (χ0v) is 11.8. The van der Waals surface area contributed by atoms with E-state index < -0.39 is 5.82 Å². The van der Waals surface area contributed by atoms with E-state index in [-0.39, 0.29) is 23.2 Å². The molecule has 1 aromatic rings. The van der Waals surface area contributed by atoms with Gasteiger partial charge in [-0.1, -0.05) is 12.2 Å². The first kappa shape index (κ1) is 12.9. The SMILES string of the molecule is COc1ccc(C2=NC3=CN=C4CC=CC4N3C2=O)c(F)c1. The molecule has 0 spiro atoms. The molecule has 0 saturated heterocycles. The van der Waals surface area contributed by atoms with Crippen LogP contribution in [0.2, 0.25) is 0 Å². The van der Waals surface area contributed by atoms with Crippen molar-refractivity contribution in [3.8, 4) is 5.75 Å². The third kappa shape index (κ3) is 1.73. The number of rotatable bonds is 2. The summed E-state index contributed by atoms with van der Waals surface area (Å²) in [6.45, 7) is 0. The maximum absolute atomic E-state index is 14.2. The molecule has 0 saturated carbocycles. The summed E-state index contributed by atoms with van der Waals surface area (Å²) in [5.41, 5.74) is 1.18. The van der Waals surface area contributed by atoms with E-state index in [1.807, 2.05) is 12.2 Å². The zero-order valence-electron chi connectivity index (χ0n) is 11.8. The molecule has 2 heterocycles. The van der Waals surface area contributed by atoms with Crippen LogP contribution in [0.25, 0.3) is 0 Å². The number of amides is 1. The van der Waals surface area contributed by atoms with Gasteiger partial charge in [-0.3, -0.25) is 14.7 Å². The molecule has 5 nitrogen and oxygen atoms in total. The highest BCUT2D eigenvalue weighted by molar-refractivity contribution is 6.47. The van der Waals surface area contributed by atoms with Crippen LogP contribution in [0.5, 0.6) is 5.75 Å². The van der Waals surface area contributed by atoms with Gasteiger partial charge in [-0.25, -0.2) is 9.38 Å². The van der Waals surface area contributed by atoms with Crippen molar-refractivity contribution in [3.63, 3.8) is 0 Å². The van der Waals surface area contributed by atoms with E-state index in [1.165, 1.54) is 19.2 Å². The Morgan fingerprint density at radius 2 is 2.27 bits per heavy atom. The van der Waals surface area contributed by atoms with Crippen LogP contribution >= 0.6 is 0 Å². The Morgan fingerprint density at radius 3 is 3.05 bits per heavy atom. The zero-order chi connectivity index (χ0) is 15.3. The van der Waals surface area contributed by atoms with Crippen molar-refractivity contribution in [2.24, 2.45) is 9.98 Å². The molecule has 2 aliphatic heterocycles. The van der Waals surface area contributed by atoms with Crippen molar-refractivity contribution < 1.29 is 13.9 Å². The van der Waals surface area contributed by atoms with Gasteiger partial charge in [0.05, 0.1) is 19.4 Å². The Hall–Kier alpha value is -2.76. The quantitative estimate of drug-likeness (QED) is 0.784. The molecule has 1 aliphatic carbocycles. The number of methoxy groups -OCH3 is 1. The van der Waals surface area contributed by atoms with E-state index in [9.17, 15) is 9.18 Å². The third-order valence-electron chi connectivity index (χ3n) is 3.94. The van der Waals surface area contributed by atoms with Crippen LogP contribution in [0.3, 0.4) is 0 Å². The summed E-state index contributed by atoms with van der Waals surface area (Å²) >= 11 is 0. The highest BCUT2D eigenvalue weighted by Crippen LogP contribution is 2.31. The lowest BCUT2D eigenvalue weighted by Crippen LogP contribution is -2.42. The number of fused-ring (bicyclic) bond motifs is 3. The van der Waals surface area contributed by atoms with Crippen LogP contribution in [0.15, 0.2) is 52.4 Å². The predicted octanol–water partition coefficient (Wildman–Crippen LogP) is 2.05. The van der Waals surface area contributed by atoms with E-state index in [1.54, 1.807) is 17.2 Å². The summed E-state index contributed by atoms with van der Waals surface area (Å²) in [5, 5.41) is 0. The number of aliphatic imine (C=N–C) groups is 2. The maximum Gasteiger partial charge on any atom is 0.279 e. The summed E-state index contributed by atoms with van der Waals surface area (Å²) < 4.78 is 19.2. The molecule has 4 rings (SSSR count). The molecule has 3 aliphatic rings. The number of nitrogens with zero attached hydrogens (tertiary/aromatic N) is 3. The molecule has 1 unspecified atom stereocenters. The highest BCUT2D eigenvalue weighted by Gasteiger charge is 2.40. The molecular formula is C16H12FN3O2. The van der Waals surface area contributed by atoms with Gasteiger partial charge in [-0.15, -0.1) is 0 Å². The van der Waals surface area contributed by atoms with E-state index in [0.29, 0.717) is 11.6 Å². The number of carbonyl (C=O) groups is 1. The summed E-state index contributed by atoms with van der Waals surface area (Å²) in [6.07, 6.45) is 6.18. The minimum atomic E-state index is -0.532. The lowest BCUT2D eigenvalue weighted by Gasteiger charge is -2.26. The Bertz CT molecular complexity index is 808. The van der Waals surface area contributed by atoms with Gasteiger partial charge in [0.25, 0.3) is 5.91 Å². The van der Waals surface area contributed by atoms with Crippen molar-refractivity contribution >= 4 is 17.3 Å². The van der Waals surface area contributed by atoms with E-state index in [0.717, 1.165) is 12.1 Å². The molecule has 1 atom stereocenters. The van der Waals surface area contributed by atoms with Crippen LogP contribution in [-0.2, 0) is 4.79 Å². The fraction of sp³-hybridized carbons (Fsp3) is 0.188. The number of hydrogen-bond donors (Lipinski definition) is 0. The summed E-state index contributed by atoms with van der Waals surface area (Å²) in [5.74, 6) is 0.0124. The van der Waals surface area contributed by atoms with Gasteiger partial charge < -0.3 is 4.74 Å². The normalized spacial score (nSPS) is 22.1. The minimum Gasteiger partial charge on any atom is -0.497 e. The molecule has 1 aromatic carbocycles. The topological polar surface area (TPSA) is 54.3 Å². The molecule has 0 bridgehead atoms. The number of ether oxygens (including phenoxy) is 1. The summed E-state index contributed by atoms with van der Waals surface area (Å²) in [7, 11) is 1.46. The number of hydrogen-bond acceptors (Lipinski definition) is 4. The second-order valence-corrected chi connectivity index (χ2v) is 5.17. The van der Waals surface area contributed by atoms with Gasteiger partial charge in [-0.2, -0.15) is 0 Å². The first-order valence-electron chi connectivity index (χ1n) is 6.88. The lowest BCUT2D eigenvalue weighted by molar-refractivity contribution is -0.121. The van der Waals surface area contributed by atoms with E-state index >= 15 is 0 Å². The Balaban J connectivity index is 1.76. The second-order valence-electron chi connectivity index (χ2n) is 5.17. The predicted molar refractivity (Wildman–Crippen MR) is 79.4 cm³/mol. The summed E-state index contributed by atoms with van der Waals surface area (Å²) in [6, 6.07) is 4.16. The molecular weight excluding hydrogens is 285 g/mol. The first-order chi connectivity index (χ1) is 10.7. The third-order valence-corrected chi connectivity index (χ3v) is 3.94. The van der Waals surface area contributed by atoms with Crippen LogP contribution < -0.4 is 4.74 Å². The average molecular weight is 297 g/mol. The van der Waals surface area contributed by atoms with Crippen LogP contribution in [0.1, 0.15) is 12.0 Å². The number of allylic oxidation sites excluding steroid dienone is 1. The van der Waals surface area contributed by atoms with E-state index in [4.69, 9.17) is 4.74 Å². The molecule has 22 heavy (non-hydrogen) atoms. The number of carbonyl (C=O) groups excluding carboxylic acids is 1. The smallest absolute Gasteiger partial charge is 0.279 e. The van der Waals surface area contributed by atoms with Gasteiger partial charge in [0.1, 0.15) is 17.3 Å². The monoisotopic (exact) mass is 297 g/mol. The lowest BCUT2D eigenvalue weighted by atomic mass is 10.1. The van der Waals surface area contributed by atoms with Crippen molar-refractivity contribution in [1.82, 2.24) is 4.90 Å². The van der Waals surface area contributed by atoms with Crippen molar-refractivity contribution in [2.75, 3.05) is 7.11 Å². The van der Waals surface area contributed by atoms with Crippen LogP contribution in [0.4, 0.5) is 4.39 Å². The number of halogens is 1. The Morgan fingerprint density at radius 1 is 1.41 bits per heavy atom. The minimum absolute atomic E-state index is 0.100. The van der Waals surface area contributed by atoms with Crippen molar-refractivity contribution in [3.05, 3.63) is 53.8 Å². The molecule has 6 heteroatoms. The van der Waals surface area contributed by atoms with Crippen LogP contribution in [0, 0.1) is 5.82 Å². The van der Waals surface area contributed by atoms with Crippen LogP contribution in [-0.4, -0.2) is 35.4 Å². The summed E-state index contributed by atoms with van der Waals surface area (Å²) in [4.78, 5) is 22.8. The van der Waals surface area contributed by atoms with Gasteiger partial charge in [0.2, 0.25) is 0 Å². The fourth-order valence-electron chi connectivity index (χ4n) is 2.84. The van der Waals surface area contributed by atoms with E-state index in [2.05, 4.69) is 9.98 Å². The van der Waals surface area contributed by atoms with Gasteiger partial charge in [0, 0.05) is 23.8 Å². The van der Waals surface area contributed by atoms with Crippen molar-refractivity contribution in [1.29, 1.82) is 0 Å².